The lowest BCUT2D eigenvalue weighted by atomic mass is 9.96. The molecule has 2 aliphatic rings. The van der Waals surface area contributed by atoms with Crippen LogP contribution in [0.5, 0.6) is 0 Å². The molecule has 1 amide bonds. The molecule has 4 heteroatoms. The molecule has 2 N–H and O–H groups in total. The Balaban J connectivity index is 1.73. The Morgan fingerprint density at radius 1 is 1.35 bits per heavy atom. The Hall–Kier alpha value is -0.610. The van der Waals surface area contributed by atoms with Gasteiger partial charge in [0.2, 0.25) is 5.91 Å². The highest BCUT2D eigenvalue weighted by molar-refractivity contribution is 5.79. The molecule has 0 aromatic carbocycles. The van der Waals surface area contributed by atoms with Crippen LogP contribution in [0.25, 0.3) is 0 Å². The molecule has 2 aliphatic heterocycles. The number of amides is 1. The lowest BCUT2D eigenvalue weighted by Crippen LogP contribution is -2.40. The summed E-state index contributed by atoms with van der Waals surface area (Å²) < 4.78 is 0. The van der Waals surface area contributed by atoms with Crippen LogP contribution in [0.3, 0.4) is 0 Å². The van der Waals surface area contributed by atoms with Crippen molar-refractivity contribution in [1.82, 2.24) is 9.80 Å². The lowest BCUT2D eigenvalue weighted by Gasteiger charge is -2.33. The summed E-state index contributed by atoms with van der Waals surface area (Å²) in [5.41, 5.74) is 5.81. The molecule has 0 saturated carbocycles. The van der Waals surface area contributed by atoms with Gasteiger partial charge in [-0.1, -0.05) is 6.92 Å². The first-order chi connectivity index (χ1) is 8.19. The molecular formula is C13H25N3O. The Morgan fingerprint density at radius 2 is 2.06 bits per heavy atom. The van der Waals surface area contributed by atoms with Gasteiger partial charge in [-0.25, -0.2) is 0 Å². The van der Waals surface area contributed by atoms with E-state index < -0.39 is 0 Å². The number of carbonyl (C=O) groups is 1. The molecule has 17 heavy (non-hydrogen) atoms. The molecular weight excluding hydrogens is 214 g/mol. The van der Waals surface area contributed by atoms with Crippen molar-refractivity contribution in [3.63, 3.8) is 0 Å². The Kier molecular flexibility index (Phi) is 4.40. The van der Waals surface area contributed by atoms with Crippen molar-refractivity contribution in [1.29, 1.82) is 0 Å². The highest BCUT2D eigenvalue weighted by Crippen LogP contribution is 2.21. The van der Waals surface area contributed by atoms with Crippen LogP contribution in [-0.4, -0.2) is 54.5 Å². The van der Waals surface area contributed by atoms with E-state index in [1.165, 1.54) is 38.9 Å². The molecule has 0 spiro atoms. The number of likely N-dealkylation sites (tertiary alicyclic amines) is 2. The molecule has 1 unspecified atom stereocenters. The molecule has 4 nitrogen and oxygen atoms in total. The van der Waals surface area contributed by atoms with Crippen LogP contribution in [0.1, 0.15) is 32.6 Å². The van der Waals surface area contributed by atoms with Gasteiger partial charge >= 0.3 is 0 Å². The monoisotopic (exact) mass is 239 g/mol. The first-order valence-corrected chi connectivity index (χ1v) is 6.94. The number of hydrogen-bond acceptors (Lipinski definition) is 3. The Labute approximate surface area is 104 Å². The van der Waals surface area contributed by atoms with Crippen molar-refractivity contribution in [3.05, 3.63) is 0 Å². The third kappa shape index (κ3) is 3.42. The maximum Gasteiger partial charge on any atom is 0.224 e. The van der Waals surface area contributed by atoms with Gasteiger partial charge in [-0.15, -0.1) is 0 Å². The van der Waals surface area contributed by atoms with Crippen molar-refractivity contribution >= 4 is 5.91 Å². The van der Waals surface area contributed by atoms with Crippen LogP contribution >= 0.6 is 0 Å². The van der Waals surface area contributed by atoms with Gasteiger partial charge in [0.15, 0.2) is 0 Å². The second-order valence-corrected chi connectivity index (χ2v) is 5.55. The molecule has 0 aromatic rings. The van der Waals surface area contributed by atoms with Gasteiger partial charge in [0.25, 0.3) is 0 Å². The number of hydrogen-bond donors (Lipinski definition) is 1. The Morgan fingerprint density at radius 3 is 2.59 bits per heavy atom. The first-order valence-electron chi connectivity index (χ1n) is 6.94. The zero-order chi connectivity index (χ0) is 12.3. The van der Waals surface area contributed by atoms with Crippen molar-refractivity contribution in [2.24, 2.45) is 11.7 Å². The van der Waals surface area contributed by atoms with Crippen molar-refractivity contribution in [2.75, 3.05) is 32.7 Å². The van der Waals surface area contributed by atoms with Crippen LogP contribution < -0.4 is 5.73 Å². The second-order valence-electron chi connectivity index (χ2n) is 5.55. The molecule has 2 saturated heterocycles. The van der Waals surface area contributed by atoms with Gasteiger partial charge in [-0.05, 0) is 44.8 Å². The fraction of sp³-hybridized carbons (Fsp3) is 0.923. The van der Waals surface area contributed by atoms with E-state index in [-0.39, 0.29) is 11.9 Å². The molecule has 2 fully saturated rings. The molecule has 0 bridgehead atoms. The minimum absolute atomic E-state index is 0.0719. The molecule has 0 radical (unpaired) electrons. The summed E-state index contributed by atoms with van der Waals surface area (Å²) in [6, 6.07) is 0.0719. The average molecular weight is 239 g/mol. The number of carbonyl (C=O) groups excluding carboxylic acids is 1. The molecule has 1 atom stereocenters. The van der Waals surface area contributed by atoms with Crippen LogP contribution in [0.4, 0.5) is 0 Å². The van der Waals surface area contributed by atoms with E-state index in [2.05, 4.69) is 11.8 Å². The van der Waals surface area contributed by atoms with Crippen molar-refractivity contribution < 1.29 is 4.79 Å². The quantitative estimate of drug-likeness (QED) is 0.784. The summed E-state index contributed by atoms with van der Waals surface area (Å²) in [6.07, 6.45) is 4.26. The topological polar surface area (TPSA) is 49.6 Å². The summed E-state index contributed by atoms with van der Waals surface area (Å²) in [7, 11) is 0. The van der Waals surface area contributed by atoms with Crippen molar-refractivity contribution in [2.45, 2.75) is 38.6 Å². The number of rotatable bonds is 4. The number of nitrogens with two attached hydrogens (primary N) is 1. The van der Waals surface area contributed by atoms with E-state index in [4.69, 9.17) is 5.73 Å². The van der Waals surface area contributed by atoms with Crippen LogP contribution in [0.2, 0.25) is 0 Å². The van der Waals surface area contributed by atoms with Crippen molar-refractivity contribution in [3.8, 4) is 0 Å². The zero-order valence-corrected chi connectivity index (χ0v) is 10.9. The van der Waals surface area contributed by atoms with E-state index in [9.17, 15) is 4.79 Å². The highest BCUT2D eigenvalue weighted by Gasteiger charge is 2.29. The summed E-state index contributed by atoms with van der Waals surface area (Å²) in [5.74, 6) is 0.950. The van der Waals surface area contributed by atoms with Gasteiger partial charge in [-0.2, -0.15) is 0 Å². The summed E-state index contributed by atoms with van der Waals surface area (Å²) >= 11 is 0. The molecule has 0 aliphatic carbocycles. The standard InChI is InChI=1S/C13H25N3O/c1-2-5-15-6-3-11(4-7-15)9-16-10-12(14)8-13(16)17/h11-12H,2-10,14H2,1H3. The SMILES string of the molecule is CCCN1CCC(CN2CC(N)CC2=O)CC1. The van der Waals surface area contributed by atoms with Gasteiger partial charge < -0.3 is 15.5 Å². The molecule has 98 valence electrons. The van der Waals surface area contributed by atoms with Crippen LogP contribution in [0, 0.1) is 5.92 Å². The second kappa shape index (κ2) is 5.83. The van der Waals surface area contributed by atoms with E-state index in [0.717, 1.165) is 13.1 Å². The molecule has 2 heterocycles. The normalized spacial score (nSPS) is 28.0. The highest BCUT2D eigenvalue weighted by atomic mass is 16.2. The maximum absolute atomic E-state index is 11.7. The van der Waals surface area contributed by atoms with Crippen LogP contribution in [-0.2, 0) is 4.79 Å². The lowest BCUT2D eigenvalue weighted by molar-refractivity contribution is -0.128. The fourth-order valence-electron chi connectivity index (χ4n) is 3.00. The fourth-order valence-corrected chi connectivity index (χ4v) is 3.00. The van der Waals surface area contributed by atoms with Gasteiger partial charge in [0.05, 0.1) is 0 Å². The van der Waals surface area contributed by atoms with E-state index in [0.29, 0.717) is 12.3 Å². The zero-order valence-electron chi connectivity index (χ0n) is 10.9. The van der Waals surface area contributed by atoms with Gasteiger partial charge in [-0.3, -0.25) is 4.79 Å². The predicted molar refractivity (Wildman–Crippen MR) is 68.6 cm³/mol. The van der Waals surface area contributed by atoms with E-state index in [1.807, 2.05) is 4.90 Å². The molecule has 2 rings (SSSR count). The third-order valence-corrected chi connectivity index (χ3v) is 3.97. The smallest absolute Gasteiger partial charge is 0.224 e. The number of nitrogens with zero attached hydrogens (tertiary/aromatic N) is 2. The van der Waals surface area contributed by atoms with E-state index >= 15 is 0 Å². The van der Waals surface area contributed by atoms with Crippen LogP contribution in [0.15, 0.2) is 0 Å². The van der Waals surface area contributed by atoms with E-state index in [1.54, 1.807) is 0 Å². The van der Waals surface area contributed by atoms with Gasteiger partial charge in [0.1, 0.15) is 0 Å². The largest absolute Gasteiger partial charge is 0.341 e. The molecule has 0 aromatic heterocycles. The summed E-state index contributed by atoms with van der Waals surface area (Å²) in [5, 5.41) is 0. The third-order valence-electron chi connectivity index (χ3n) is 3.97. The first kappa shape index (κ1) is 12.8. The minimum Gasteiger partial charge on any atom is -0.341 e. The van der Waals surface area contributed by atoms with Gasteiger partial charge in [0, 0.05) is 25.6 Å². The predicted octanol–water partition coefficient (Wildman–Crippen LogP) is 0.668. The summed E-state index contributed by atoms with van der Waals surface area (Å²) in [4.78, 5) is 16.2. The summed E-state index contributed by atoms with van der Waals surface area (Å²) in [6.45, 7) is 7.57. The maximum atomic E-state index is 11.7. The minimum atomic E-state index is 0.0719. The Bertz CT molecular complexity index is 261. The number of piperidine rings is 1. The average Bonchev–Trinajstić information content (AvgIpc) is 2.61.